The molecule has 4 rings (SSSR count). The number of benzene rings is 3. The minimum atomic E-state index is -3.83. The minimum Gasteiger partial charge on any atom is -0.465 e. The van der Waals surface area contributed by atoms with E-state index in [-0.39, 0.29) is 29.1 Å². The molecule has 1 aliphatic heterocycles. The van der Waals surface area contributed by atoms with Crippen molar-refractivity contribution in [2.75, 3.05) is 55.5 Å². The van der Waals surface area contributed by atoms with E-state index in [0.29, 0.717) is 29.1 Å². The number of nitrogens with zero attached hydrogens (tertiary/aromatic N) is 3. The average molecular weight is 580 g/mol. The van der Waals surface area contributed by atoms with Gasteiger partial charge < -0.3 is 20.3 Å². The average Bonchev–Trinajstić information content (AvgIpc) is 3.25. The van der Waals surface area contributed by atoms with Crippen LogP contribution in [0.15, 0.2) is 66.7 Å². The highest BCUT2D eigenvalue weighted by Gasteiger charge is 2.31. The molecule has 214 valence electrons. The van der Waals surface area contributed by atoms with Gasteiger partial charge in [0.2, 0.25) is 10.0 Å². The molecular formula is C28H29N5O7S. The van der Waals surface area contributed by atoms with Gasteiger partial charge in [0.1, 0.15) is 5.69 Å². The topological polar surface area (TPSA) is 151 Å². The first-order valence-corrected chi connectivity index (χ1v) is 14.3. The molecule has 3 aromatic carbocycles. The predicted octanol–water partition coefficient (Wildman–Crippen LogP) is 3.64. The van der Waals surface area contributed by atoms with E-state index in [0.717, 1.165) is 10.6 Å². The number of hydrogen-bond donors (Lipinski definition) is 2. The Labute approximate surface area is 237 Å². The molecule has 0 atom stereocenters. The molecule has 41 heavy (non-hydrogen) atoms. The number of sulfonamides is 1. The van der Waals surface area contributed by atoms with Gasteiger partial charge in [-0.1, -0.05) is 36.4 Å². The van der Waals surface area contributed by atoms with Crippen LogP contribution in [0.1, 0.15) is 21.5 Å². The van der Waals surface area contributed by atoms with Crippen molar-refractivity contribution in [3.63, 3.8) is 0 Å². The molecular weight excluding hydrogens is 550 g/mol. The van der Waals surface area contributed by atoms with Crippen LogP contribution < -0.4 is 14.9 Å². The lowest BCUT2D eigenvalue weighted by molar-refractivity contribution is -0.384. The smallest absolute Gasteiger partial charge is 0.337 e. The molecule has 2 N–H and O–H groups in total. The number of nitro benzene ring substituents is 1. The summed E-state index contributed by atoms with van der Waals surface area (Å²) < 4.78 is 30.9. The van der Waals surface area contributed by atoms with Gasteiger partial charge in [-0.05, 0) is 43.9 Å². The maximum Gasteiger partial charge on any atom is 0.337 e. The largest absolute Gasteiger partial charge is 0.465 e. The van der Waals surface area contributed by atoms with E-state index in [4.69, 9.17) is 4.74 Å². The molecule has 12 nitrogen and oxygen atoms in total. The number of fused-ring (bicyclic) bond motifs is 1. The van der Waals surface area contributed by atoms with Crippen LogP contribution in [-0.4, -0.2) is 70.7 Å². The molecule has 0 unspecified atom stereocenters. The third-order valence-corrected chi connectivity index (χ3v) is 7.54. The van der Waals surface area contributed by atoms with Gasteiger partial charge in [-0.2, -0.15) is 0 Å². The number of ether oxygens (including phenoxy) is 1. The number of methoxy groups -OCH3 is 1. The summed E-state index contributed by atoms with van der Waals surface area (Å²) >= 11 is 0. The Balaban J connectivity index is 1.84. The maximum atomic E-state index is 13.2. The molecule has 1 aliphatic rings. The minimum absolute atomic E-state index is 0.0171. The van der Waals surface area contributed by atoms with Gasteiger partial charge in [0.15, 0.2) is 0 Å². The predicted molar refractivity (Wildman–Crippen MR) is 157 cm³/mol. The van der Waals surface area contributed by atoms with Gasteiger partial charge >= 0.3 is 5.97 Å². The van der Waals surface area contributed by atoms with Crippen LogP contribution in [0, 0.1) is 10.1 Å². The Morgan fingerprint density at radius 2 is 1.73 bits per heavy atom. The van der Waals surface area contributed by atoms with E-state index < -0.39 is 32.5 Å². The number of esters is 1. The summed E-state index contributed by atoms with van der Waals surface area (Å²) in [7, 11) is 0.979. The fourth-order valence-corrected chi connectivity index (χ4v) is 5.33. The van der Waals surface area contributed by atoms with Crippen molar-refractivity contribution in [2.45, 2.75) is 0 Å². The summed E-state index contributed by atoms with van der Waals surface area (Å²) in [4.78, 5) is 38.5. The molecule has 0 radical (unpaired) electrons. The van der Waals surface area contributed by atoms with Gasteiger partial charge in [-0.15, -0.1) is 0 Å². The van der Waals surface area contributed by atoms with Crippen LogP contribution in [0.5, 0.6) is 0 Å². The maximum absolute atomic E-state index is 13.2. The fourth-order valence-electron chi connectivity index (χ4n) is 4.41. The van der Waals surface area contributed by atoms with E-state index in [1.165, 1.54) is 31.4 Å². The van der Waals surface area contributed by atoms with E-state index in [1.807, 2.05) is 6.07 Å². The highest BCUT2D eigenvalue weighted by Crippen LogP contribution is 2.39. The van der Waals surface area contributed by atoms with Crippen molar-refractivity contribution < 1.29 is 27.7 Å². The van der Waals surface area contributed by atoms with Gasteiger partial charge in [0.25, 0.3) is 11.6 Å². The monoisotopic (exact) mass is 579 g/mol. The molecule has 0 bridgehead atoms. The summed E-state index contributed by atoms with van der Waals surface area (Å²) in [6, 6.07) is 17.7. The normalized spacial score (nSPS) is 13.8. The van der Waals surface area contributed by atoms with Gasteiger partial charge in [-0.3, -0.25) is 19.2 Å². The molecule has 0 saturated carbocycles. The van der Waals surface area contributed by atoms with Crippen LogP contribution in [0.4, 0.5) is 22.7 Å². The highest BCUT2D eigenvalue weighted by molar-refractivity contribution is 7.92. The first-order chi connectivity index (χ1) is 19.4. The number of amides is 1. The fraction of sp³-hybridized carbons (Fsp3) is 0.214. The number of carbonyl (C=O) groups excluding carboxylic acids is 2. The Hall–Kier alpha value is -4.75. The summed E-state index contributed by atoms with van der Waals surface area (Å²) in [5.41, 5.74) is 2.21. The zero-order valence-electron chi connectivity index (χ0n) is 22.9. The summed E-state index contributed by atoms with van der Waals surface area (Å²) in [5, 5.41) is 18.0. The van der Waals surface area contributed by atoms with E-state index in [1.54, 1.807) is 55.4 Å². The van der Waals surface area contributed by atoms with Crippen LogP contribution in [0.3, 0.4) is 0 Å². The summed E-state index contributed by atoms with van der Waals surface area (Å²) in [6.45, 7) is 0.365. The number of nitrogens with one attached hydrogen (secondary N) is 2. The van der Waals surface area contributed by atoms with Crippen molar-refractivity contribution in [2.24, 2.45) is 0 Å². The summed E-state index contributed by atoms with van der Waals surface area (Å²) in [5.74, 6) is -0.992. The lowest BCUT2D eigenvalue weighted by atomic mass is 9.99. The van der Waals surface area contributed by atoms with Crippen molar-refractivity contribution in [1.29, 1.82) is 0 Å². The van der Waals surface area contributed by atoms with E-state index in [9.17, 15) is 28.1 Å². The van der Waals surface area contributed by atoms with Gasteiger partial charge in [0.05, 0.1) is 40.8 Å². The third kappa shape index (κ3) is 6.36. The van der Waals surface area contributed by atoms with Crippen LogP contribution >= 0.6 is 0 Å². The Morgan fingerprint density at radius 1 is 1.02 bits per heavy atom. The molecule has 0 fully saturated rings. The Morgan fingerprint density at radius 3 is 2.34 bits per heavy atom. The number of rotatable bonds is 10. The molecule has 0 aromatic heterocycles. The quantitative estimate of drug-likeness (QED) is 0.159. The van der Waals surface area contributed by atoms with Gasteiger partial charge in [0, 0.05) is 30.4 Å². The molecule has 0 aliphatic carbocycles. The first-order valence-electron chi connectivity index (χ1n) is 12.4. The zero-order chi connectivity index (χ0) is 29.9. The number of likely N-dealkylation sites (N-methyl/N-ethyl adjacent to an activating group) is 1. The van der Waals surface area contributed by atoms with Crippen molar-refractivity contribution in [3.8, 4) is 0 Å². The van der Waals surface area contributed by atoms with Gasteiger partial charge in [-0.25, -0.2) is 13.2 Å². The van der Waals surface area contributed by atoms with E-state index in [2.05, 4.69) is 10.6 Å². The second kappa shape index (κ2) is 11.8. The highest BCUT2D eigenvalue weighted by atomic mass is 32.2. The number of anilines is 3. The Bertz CT molecular complexity index is 1650. The Kier molecular flexibility index (Phi) is 8.40. The lowest BCUT2D eigenvalue weighted by Gasteiger charge is -2.24. The number of hydrogen-bond acceptors (Lipinski definition) is 9. The lowest BCUT2D eigenvalue weighted by Crippen LogP contribution is -2.36. The second-order valence-corrected chi connectivity index (χ2v) is 11.5. The zero-order valence-corrected chi connectivity index (χ0v) is 23.7. The molecule has 0 spiro atoms. The van der Waals surface area contributed by atoms with Crippen LogP contribution in [0.2, 0.25) is 0 Å². The molecule has 1 amide bonds. The van der Waals surface area contributed by atoms with Crippen LogP contribution in [-0.2, 0) is 19.6 Å². The first kappa shape index (κ1) is 29.2. The SMILES string of the molecule is COC(=O)c1ccc2c(c1)NC(=O)C2=C(Nc1ccc(N(CCN(C)C)S(C)(=O)=O)c([N+](=O)[O-])c1)c1ccccc1. The third-order valence-electron chi connectivity index (χ3n) is 6.36. The van der Waals surface area contributed by atoms with Crippen molar-refractivity contribution >= 4 is 55.9 Å². The van der Waals surface area contributed by atoms with Crippen LogP contribution in [0.25, 0.3) is 11.3 Å². The van der Waals surface area contributed by atoms with E-state index >= 15 is 0 Å². The second-order valence-electron chi connectivity index (χ2n) is 9.55. The number of nitro groups is 1. The molecule has 1 heterocycles. The number of carbonyl (C=O) groups is 2. The molecule has 13 heteroatoms. The molecule has 0 saturated heterocycles. The van der Waals surface area contributed by atoms with Crippen molar-refractivity contribution in [3.05, 3.63) is 93.5 Å². The van der Waals surface area contributed by atoms with Crippen molar-refractivity contribution in [1.82, 2.24) is 4.90 Å². The standard InChI is InChI=1S/C28H29N5O7S/c1-31(2)14-15-32(41(4,38)39)23-13-11-20(17-24(23)33(36)37)29-26(18-8-6-5-7-9-18)25-21-12-10-19(28(35)40-3)16-22(21)30-27(25)34/h5-13,16-17,29H,14-15H2,1-4H3,(H,30,34). The molecule has 3 aromatic rings. The summed E-state index contributed by atoms with van der Waals surface area (Å²) in [6.07, 6.45) is 0.998.